The van der Waals surface area contributed by atoms with Gasteiger partial charge in [-0.3, -0.25) is 0 Å². The zero-order valence-electron chi connectivity index (χ0n) is 10.8. The van der Waals surface area contributed by atoms with E-state index in [1.165, 1.54) is 12.8 Å². The summed E-state index contributed by atoms with van der Waals surface area (Å²) >= 11 is 0. The first-order chi connectivity index (χ1) is 7.74. The molecule has 0 heterocycles. The molecule has 1 rings (SSSR count). The lowest BCUT2D eigenvalue weighted by Crippen LogP contribution is -2.14. The monoisotopic (exact) mass is 207 g/mol. The van der Waals surface area contributed by atoms with Gasteiger partial charge in [0.1, 0.15) is 5.75 Å². The number of benzene rings is 1. The van der Waals surface area contributed by atoms with Gasteiger partial charge in [-0.2, -0.15) is 0 Å². The minimum atomic E-state index is -0.169. The molecular weight excluding hydrogens is 184 g/mol. The van der Waals surface area contributed by atoms with Crippen LogP contribution in [0.3, 0.4) is 0 Å². The summed E-state index contributed by atoms with van der Waals surface area (Å²) in [6.45, 7) is 4.09. The molecule has 0 aromatic heterocycles. The van der Waals surface area contributed by atoms with Crippen LogP contribution in [-0.4, -0.2) is 6.10 Å². The van der Waals surface area contributed by atoms with Crippen LogP contribution < -0.4 is 4.74 Å². The van der Waals surface area contributed by atoms with E-state index in [0.29, 0.717) is 0 Å². The van der Waals surface area contributed by atoms with Gasteiger partial charge in [0.2, 0.25) is 0 Å². The second-order valence-corrected chi connectivity index (χ2v) is 3.80. The molecule has 0 unspecified atom stereocenters. The minimum Gasteiger partial charge on any atom is -0.490 e. The third-order valence-corrected chi connectivity index (χ3v) is 2.49. The Labute approximate surface area is 94.9 Å². The summed E-state index contributed by atoms with van der Waals surface area (Å²) in [5.41, 5.74) is 0. The van der Waals surface area contributed by atoms with Crippen LogP contribution >= 0.6 is 0 Å². The Morgan fingerprint density at radius 3 is 2.53 bits per heavy atom. The molecule has 15 heavy (non-hydrogen) atoms. The molecule has 0 amide bonds. The summed E-state index contributed by atoms with van der Waals surface area (Å²) in [5, 5.41) is 0. The average molecular weight is 207 g/mol. The fourth-order valence-corrected chi connectivity index (χ4v) is 1.56. The normalized spacial score (nSPS) is 15.5. The van der Waals surface area contributed by atoms with Gasteiger partial charge < -0.3 is 4.74 Å². The molecule has 0 N–H and O–H groups in total. The topological polar surface area (TPSA) is 9.23 Å². The molecule has 2 atom stereocenters. The largest absolute Gasteiger partial charge is 0.490 e. The molecule has 1 nitrogen and oxygen atoms in total. The first-order valence-corrected chi connectivity index (χ1v) is 5.88. The van der Waals surface area contributed by atoms with E-state index in [-0.39, 0.29) is 12.5 Å². The van der Waals surface area contributed by atoms with Gasteiger partial charge in [0, 0.05) is 1.37 Å². The first-order valence-electron chi connectivity index (χ1n) is 6.45. The van der Waals surface area contributed by atoms with Crippen molar-refractivity contribution in [1.82, 2.24) is 0 Å². The smallest absolute Gasteiger partial charge is 0.119 e. The van der Waals surface area contributed by atoms with Crippen LogP contribution in [-0.2, 0) is 0 Å². The first kappa shape index (κ1) is 10.5. The van der Waals surface area contributed by atoms with Crippen molar-refractivity contribution in [3.63, 3.8) is 0 Å². The second kappa shape index (κ2) is 7.33. The van der Waals surface area contributed by atoms with E-state index in [9.17, 15) is 0 Å². The van der Waals surface area contributed by atoms with E-state index in [4.69, 9.17) is 6.11 Å². The molecule has 0 saturated heterocycles. The molecule has 0 aliphatic carbocycles. The van der Waals surface area contributed by atoms with Crippen LogP contribution in [0.15, 0.2) is 30.3 Å². The molecule has 0 saturated carbocycles. The van der Waals surface area contributed by atoms with Crippen molar-refractivity contribution < 1.29 is 6.11 Å². The highest BCUT2D eigenvalue weighted by atomic mass is 16.5. The van der Waals surface area contributed by atoms with Crippen LogP contribution in [0.2, 0.25) is 0 Å². The van der Waals surface area contributed by atoms with E-state index < -0.39 is 0 Å². The third kappa shape index (κ3) is 4.87. The fourth-order valence-electron chi connectivity index (χ4n) is 1.56. The van der Waals surface area contributed by atoms with Gasteiger partial charge in [-0.1, -0.05) is 44.9 Å². The van der Waals surface area contributed by atoms with Gasteiger partial charge in [-0.25, -0.2) is 0 Å². The second-order valence-electron chi connectivity index (χ2n) is 3.80. The van der Waals surface area contributed by atoms with Crippen LogP contribution in [0.25, 0.3) is 0 Å². The summed E-state index contributed by atoms with van der Waals surface area (Å²) in [6, 6.07) is 9.81. The van der Waals surface area contributed by atoms with Gasteiger partial charge in [0.15, 0.2) is 0 Å². The van der Waals surface area contributed by atoms with E-state index in [1.54, 1.807) is 0 Å². The SMILES string of the molecule is [2H][C@H](C)[C@@H](CCCCC)Oc1ccccc1. The van der Waals surface area contributed by atoms with Crippen LogP contribution in [0.4, 0.5) is 0 Å². The molecule has 84 valence electrons. The Balaban J connectivity index is 2.45. The highest BCUT2D eigenvalue weighted by Gasteiger charge is 2.06. The van der Waals surface area contributed by atoms with E-state index in [2.05, 4.69) is 6.92 Å². The van der Waals surface area contributed by atoms with Gasteiger partial charge in [-0.15, -0.1) is 0 Å². The predicted octanol–water partition coefficient (Wildman–Crippen LogP) is 4.42. The number of hydrogen-bond donors (Lipinski definition) is 0. The van der Waals surface area contributed by atoms with Crippen LogP contribution in [0.1, 0.15) is 47.3 Å². The minimum absolute atomic E-state index is 0.0222. The van der Waals surface area contributed by atoms with Crippen molar-refractivity contribution in [2.24, 2.45) is 0 Å². The molecule has 0 radical (unpaired) electrons. The molecule has 1 aromatic carbocycles. The molecular formula is C14H22O. The lowest BCUT2D eigenvalue weighted by Gasteiger charge is -2.17. The molecule has 1 aromatic rings. The molecule has 0 bridgehead atoms. The van der Waals surface area contributed by atoms with Crippen molar-refractivity contribution in [1.29, 1.82) is 0 Å². The lowest BCUT2D eigenvalue weighted by atomic mass is 10.1. The number of hydrogen-bond acceptors (Lipinski definition) is 1. The average Bonchev–Trinajstić information content (AvgIpc) is 2.29. The molecule has 0 spiro atoms. The van der Waals surface area contributed by atoms with Crippen LogP contribution in [0.5, 0.6) is 5.75 Å². The molecule has 1 heteroatoms. The molecule has 0 aliphatic rings. The third-order valence-electron chi connectivity index (χ3n) is 2.49. The van der Waals surface area contributed by atoms with Crippen LogP contribution in [0, 0.1) is 0 Å². The van der Waals surface area contributed by atoms with Crippen molar-refractivity contribution in [2.45, 2.75) is 52.0 Å². The summed E-state index contributed by atoms with van der Waals surface area (Å²) < 4.78 is 13.6. The molecule has 0 aliphatic heterocycles. The Hall–Kier alpha value is -0.980. The summed E-state index contributed by atoms with van der Waals surface area (Å²) in [4.78, 5) is 0. The maximum Gasteiger partial charge on any atom is 0.119 e. The lowest BCUT2D eigenvalue weighted by molar-refractivity contribution is 0.183. The fraction of sp³-hybridized carbons (Fsp3) is 0.571. The Kier molecular flexibility index (Phi) is 5.15. The summed E-state index contributed by atoms with van der Waals surface area (Å²) in [5.74, 6) is 0.878. The number of unbranched alkanes of at least 4 members (excludes halogenated alkanes) is 2. The standard InChI is InChI=1S/C14H22O/c1-3-5-7-10-13(4-2)15-14-11-8-6-9-12-14/h6,8-9,11-13H,3-5,7,10H2,1-2H3/t13-/m0/s1/i4D/t4-,13+/m1. The van der Waals surface area contributed by atoms with Crippen molar-refractivity contribution >= 4 is 0 Å². The van der Waals surface area contributed by atoms with Crippen molar-refractivity contribution in [3.8, 4) is 5.75 Å². The predicted molar refractivity (Wildman–Crippen MR) is 65.3 cm³/mol. The number of para-hydroxylation sites is 1. The highest BCUT2D eigenvalue weighted by molar-refractivity contribution is 5.21. The van der Waals surface area contributed by atoms with Crippen molar-refractivity contribution in [2.75, 3.05) is 0 Å². The zero-order valence-corrected chi connectivity index (χ0v) is 9.78. The van der Waals surface area contributed by atoms with E-state index >= 15 is 0 Å². The Bertz CT molecular complexity index is 271. The summed E-state index contributed by atoms with van der Waals surface area (Å²) in [7, 11) is 0. The molecule has 0 fully saturated rings. The van der Waals surface area contributed by atoms with Gasteiger partial charge >= 0.3 is 0 Å². The van der Waals surface area contributed by atoms with Gasteiger partial charge in [0.05, 0.1) is 6.10 Å². The Morgan fingerprint density at radius 1 is 1.20 bits per heavy atom. The maximum atomic E-state index is 7.79. The van der Waals surface area contributed by atoms with E-state index in [0.717, 1.165) is 18.6 Å². The zero-order chi connectivity index (χ0) is 11.8. The Morgan fingerprint density at radius 2 is 1.93 bits per heavy atom. The summed E-state index contributed by atoms with van der Waals surface area (Å²) in [6.07, 6.45) is 4.42. The van der Waals surface area contributed by atoms with Gasteiger partial charge in [0.25, 0.3) is 0 Å². The van der Waals surface area contributed by atoms with Crippen molar-refractivity contribution in [3.05, 3.63) is 30.3 Å². The number of rotatable bonds is 7. The number of ether oxygens (including phenoxy) is 1. The highest BCUT2D eigenvalue weighted by Crippen LogP contribution is 2.16. The maximum absolute atomic E-state index is 7.79. The quantitative estimate of drug-likeness (QED) is 0.601. The van der Waals surface area contributed by atoms with E-state index in [1.807, 2.05) is 37.3 Å². The van der Waals surface area contributed by atoms with Gasteiger partial charge in [-0.05, 0) is 31.4 Å².